The van der Waals surface area contributed by atoms with Crippen molar-refractivity contribution in [1.82, 2.24) is 0 Å². The predicted octanol–water partition coefficient (Wildman–Crippen LogP) is 4.95. The molecule has 4 aliphatic heterocycles. The Morgan fingerprint density at radius 2 is 1.00 bits per heavy atom. The Hall–Kier alpha value is -0.756. The lowest BCUT2D eigenvalue weighted by Gasteiger charge is -2.47. The van der Waals surface area contributed by atoms with Crippen LogP contribution < -0.4 is 0 Å². The molecule has 14 unspecified atom stereocenters. The largest absolute Gasteiger partial charge is 0.497 e. The summed E-state index contributed by atoms with van der Waals surface area (Å²) in [6, 6.07) is 0. The second-order valence-corrected chi connectivity index (χ2v) is 33.0. The molecular formula is C38H60B2I2O17P2Si2. The van der Waals surface area contributed by atoms with E-state index in [-0.39, 0.29) is 60.6 Å². The zero-order valence-corrected chi connectivity index (χ0v) is 46.0. The predicted molar refractivity (Wildman–Crippen MR) is 256 cm³/mol. The minimum Gasteiger partial charge on any atom is -0.393 e. The van der Waals surface area contributed by atoms with Crippen molar-refractivity contribution in [3.63, 3.8) is 0 Å². The second-order valence-electron chi connectivity index (χ2n) is 16.8. The third-order valence-corrected chi connectivity index (χ3v) is 29.4. The van der Waals surface area contributed by atoms with Crippen LogP contribution in [0.2, 0.25) is 11.1 Å². The van der Waals surface area contributed by atoms with Crippen molar-refractivity contribution < 1.29 is 79.1 Å². The molecule has 0 bridgehead atoms. The number of ether oxygens (including phenoxy) is 4. The number of rotatable bonds is 25. The van der Waals surface area contributed by atoms with Crippen LogP contribution in [0.5, 0.6) is 0 Å². The number of halogens is 2. The molecule has 17 nitrogen and oxygen atoms in total. The lowest BCUT2D eigenvalue weighted by molar-refractivity contribution is -0.156. The first kappa shape index (κ1) is 54.8. The van der Waals surface area contributed by atoms with Gasteiger partial charge in [0.05, 0.1) is 47.3 Å². The second kappa shape index (κ2) is 22.6. The standard InChI is InChI=1S/C38H60B2I2O17P2Si2/c1-11-23(25-21(31(45)57-33(25)47)17-37(9,60-40-41)27-19(7)29(43)55-35(27)49)62(51-13-3,52-14-4)59-63(53-15-5,54-16-6)24(12-2)26-22(32(46)58-34(26)48)18-38(10,61(39)42)28-20(8)30(44)56-36(28)50/h19-28,40,60H,11-18,39H2,1-10H3. The molecule has 0 radical (unpaired) electrons. The first-order valence-electron chi connectivity index (χ1n) is 21.6. The minimum atomic E-state index is -4.40. The quantitative estimate of drug-likeness (QED) is 0.0295. The fraction of sp³-hybridized carbons (Fsp3) is 0.789. The molecule has 4 aliphatic rings. The van der Waals surface area contributed by atoms with Gasteiger partial charge in [-0.25, -0.2) is 0 Å². The Kier molecular flexibility index (Phi) is 19.6. The van der Waals surface area contributed by atoms with Gasteiger partial charge in [-0.2, -0.15) is 0 Å². The number of esters is 8. The first-order chi connectivity index (χ1) is 29.6. The fourth-order valence-electron chi connectivity index (χ4n) is 10.3. The van der Waals surface area contributed by atoms with Crippen LogP contribution in [-0.2, 0) is 79.1 Å². The van der Waals surface area contributed by atoms with Crippen LogP contribution in [0.25, 0.3) is 0 Å². The zero-order valence-electron chi connectivity index (χ0n) is 37.8. The average molecular weight is 1180 g/mol. The van der Waals surface area contributed by atoms with Crippen molar-refractivity contribution in [1.29, 1.82) is 0 Å². The number of carbonyl (C=O) groups is 8. The number of carbonyl (C=O) groups excluding carboxylic acids is 8. The lowest BCUT2D eigenvalue weighted by atomic mass is 9.75. The molecule has 0 amide bonds. The van der Waals surface area contributed by atoms with E-state index in [1.807, 2.05) is 21.4 Å². The van der Waals surface area contributed by atoms with Crippen LogP contribution >= 0.6 is 58.3 Å². The topological polar surface area (TPSA) is 220 Å². The average Bonchev–Trinajstić information content (AvgIpc) is 3.82. The van der Waals surface area contributed by atoms with E-state index in [1.54, 1.807) is 55.4 Å². The summed E-state index contributed by atoms with van der Waals surface area (Å²) in [6.07, 6.45) is 0.349. The highest BCUT2D eigenvalue weighted by Crippen LogP contribution is 2.63. The highest BCUT2D eigenvalue weighted by atomic mass is 127. The maximum absolute atomic E-state index is 14.2. The number of hydrogen-bond acceptors (Lipinski definition) is 17. The number of hydrogen-bond donors (Lipinski definition) is 0. The summed E-state index contributed by atoms with van der Waals surface area (Å²) in [7, 11) is -6.78. The Morgan fingerprint density at radius 1 is 0.635 bits per heavy atom. The summed E-state index contributed by atoms with van der Waals surface area (Å²) < 4.78 is 54.9. The van der Waals surface area contributed by atoms with Gasteiger partial charge in [0.2, 0.25) is 4.86 Å². The molecule has 63 heavy (non-hydrogen) atoms. The summed E-state index contributed by atoms with van der Waals surface area (Å²) in [4.78, 5) is 109. The van der Waals surface area contributed by atoms with Crippen LogP contribution in [0, 0.1) is 47.3 Å². The number of cyclic esters (lactones) is 8. The van der Waals surface area contributed by atoms with E-state index in [1.165, 1.54) is 0 Å². The van der Waals surface area contributed by atoms with Gasteiger partial charge in [-0.3, -0.25) is 38.4 Å². The van der Waals surface area contributed by atoms with Crippen molar-refractivity contribution in [2.45, 2.75) is 116 Å². The molecule has 0 spiro atoms. The van der Waals surface area contributed by atoms with Crippen LogP contribution in [0.1, 0.15) is 94.9 Å². The Bertz CT molecular complexity index is 1770. The third-order valence-electron chi connectivity index (χ3n) is 13.2. The summed E-state index contributed by atoms with van der Waals surface area (Å²) in [5.74, 6) is -13.8. The Balaban J connectivity index is 1.89. The maximum Gasteiger partial charge on any atom is 0.497 e. The van der Waals surface area contributed by atoms with E-state index in [4.69, 9.17) is 40.8 Å². The smallest absolute Gasteiger partial charge is 0.393 e. The molecule has 14 atom stereocenters. The van der Waals surface area contributed by atoms with Crippen molar-refractivity contribution in [2.75, 3.05) is 26.4 Å². The van der Waals surface area contributed by atoms with E-state index in [2.05, 4.69) is 44.4 Å². The fourth-order valence-corrected chi connectivity index (χ4v) is 25.8. The SMILES string of the molecule is BP(I)C(C)(CC1C(=O)OC(=O)C1C(CC)[Si](OCC)(OCC)O[Si](OCC)(OCC)C(CC)C1C(=O)OC(=O)C1CC(C)(PBI)C1C(=O)OC(=O)C1C)C1C(=O)OC(=O)C1C. The van der Waals surface area contributed by atoms with Gasteiger partial charge in [0.1, 0.15) is 7.57 Å². The monoisotopic (exact) mass is 1180 g/mol. The van der Waals surface area contributed by atoms with Gasteiger partial charge in [0.15, 0.2) is 0 Å². The first-order valence-corrected chi connectivity index (χ1v) is 32.5. The van der Waals surface area contributed by atoms with Gasteiger partial charge >= 0.3 is 65.4 Å². The molecule has 4 saturated heterocycles. The van der Waals surface area contributed by atoms with Crippen molar-refractivity contribution in [3.8, 4) is 0 Å². The highest BCUT2D eigenvalue weighted by molar-refractivity contribution is 14.2. The van der Waals surface area contributed by atoms with Crippen molar-refractivity contribution >= 4 is 136 Å². The molecule has 0 aromatic rings. The van der Waals surface area contributed by atoms with E-state index in [0.29, 0.717) is 4.86 Å². The molecular weight excluding hydrogens is 1120 g/mol. The molecule has 0 saturated carbocycles. The van der Waals surface area contributed by atoms with Gasteiger partial charge in [0, 0.05) is 42.7 Å². The molecule has 25 heteroatoms. The van der Waals surface area contributed by atoms with Crippen LogP contribution in [0.15, 0.2) is 0 Å². The van der Waals surface area contributed by atoms with Crippen molar-refractivity contribution in [2.24, 2.45) is 47.3 Å². The molecule has 4 rings (SSSR count). The zero-order chi connectivity index (χ0) is 47.4. The molecule has 352 valence electrons. The van der Waals surface area contributed by atoms with Gasteiger partial charge in [0.25, 0.3) is 0 Å². The van der Waals surface area contributed by atoms with E-state index in [9.17, 15) is 38.4 Å². The van der Waals surface area contributed by atoms with Gasteiger partial charge < -0.3 is 40.8 Å². The maximum atomic E-state index is 14.2. The van der Waals surface area contributed by atoms with Gasteiger partial charge in [-0.05, 0) is 58.5 Å². The summed E-state index contributed by atoms with van der Waals surface area (Å²) in [6.45, 7) is 17.5. The molecule has 0 aromatic heterocycles. The summed E-state index contributed by atoms with van der Waals surface area (Å²) in [5, 5.41) is -1.92. The lowest BCUT2D eigenvalue weighted by Crippen LogP contribution is -2.65. The summed E-state index contributed by atoms with van der Waals surface area (Å²) >= 11 is 4.41. The Morgan fingerprint density at radius 3 is 1.32 bits per heavy atom. The molecule has 0 N–H and O–H groups in total. The summed E-state index contributed by atoms with van der Waals surface area (Å²) in [5.41, 5.74) is -3.00. The molecule has 0 aromatic carbocycles. The van der Waals surface area contributed by atoms with Gasteiger partial charge in [-0.15, -0.1) is 30.8 Å². The van der Waals surface area contributed by atoms with Crippen molar-refractivity contribution in [3.05, 3.63) is 0 Å². The van der Waals surface area contributed by atoms with Crippen LogP contribution in [0.3, 0.4) is 0 Å². The minimum absolute atomic E-state index is 0.00336. The normalized spacial score (nSPS) is 30.3. The van der Waals surface area contributed by atoms with Crippen LogP contribution in [-0.4, -0.2) is 115 Å². The van der Waals surface area contributed by atoms with E-state index in [0.717, 1.165) is 0 Å². The molecule has 4 fully saturated rings. The highest BCUT2D eigenvalue weighted by Gasteiger charge is 2.69. The molecule has 4 heterocycles. The van der Waals surface area contributed by atoms with Gasteiger partial charge in [-0.1, -0.05) is 69.0 Å². The van der Waals surface area contributed by atoms with Crippen LogP contribution in [0.4, 0.5) is 0 Å². The van der Waals surface area contributed by atoms with E-state index >= 15 is 0 Å². The Labute approximate surface area is 402 Å². The van der Waals surface area contributed by atoms with E-state index < -0.39 is 140 Å². The molecule has 0 aliphatic carbocycles. The third kappa shape index (κ3) is 10.8.